The normalized spacial score (nSPS) is 10.5. The second-order valence-electron chi connectivity index (χ2n) is 2.45. The van der Waals surface area contributed by atoms with Crippen LogP contribution in [0.5, 0.6) is 5.75 Å². The molecule has 0 aliphatic rings. The molecular formula is C8H4F4O3. The number of ether oxygens (including phenoxy) is 1. The average Bonchev–Trinajstić information content (AvgIpc) is 1.99. The number of hydrogen-bond acceptors (Lipinski definition) is 2. The molecule has 0 unspecified atom stereocenters. The van der Waals surface area contributed by atoms with E-state index in [1.54, 1.807) is 0 Å². The Labute approximate surface area is 80.9 Å². The Morgan fingerprint density at radius 2 is 1.73 bits per heavy atom. The van der Waals surface area contributed by atoms with Crippen LogP contribution in [0.2, 0.25) is 0 Å². The number of benzene rings is 1. The minimum absolute atomic E-state index is 0.374. The molecule has 0 spiro atoms. The van der Waals surface area contributed by atoms with E-state index in [1.165, 1.54) is 0 Å². The van der Waals surface area contributed by atoms with Crippen molar-refractivity contribution in [1.29, 1.82) is 0 Å². The van der Waals surface area contributed by atoms with E-state index in [9.17, 15) is 22.4 Å². The summed E-state index contributed by atoms with van der Waals surface area (Å²) in [7, 11) is 0. The highest BCUT2D eigenvalue weighted by molar-refractivity contribution is 5.88. The van der Waals surface area contributed by atoms with Crippen LogP contribution in [0.3, 0.4) is 0 Å². The van der Waals surface area contributed by atoms with Crippen LogP contribution in [0.25, 0.3) is 0 Å². The van der Waals surface area contributed by atoms with Crippen molar-refractivity contribution >= 4 is 5.97 Å². The zero-order chi connectivity index (χ0) is 11.6. The van der Waals surface area contributed by atoms with Gasteiger partial charge in [-0.15, -0.1) is 0 Å². The molecule has 0 saturated carbocycles. The predicted octanol–water partition coefficient (Wildman–Crippen LogP) is 2.26. The SMILES string of the molecule is O=C(O)c1c(F)cc(OC(F)F)cc1F. The van der Waals surface area contributed by atoms with Gasteiger partial charge in [0.2, 0.25) is 0 Å². The van der Waals surface area contributed by atoms with Gasteiger partial charge in [-0.05, 0) is 0 Å². The van der Waals surface area contributed by atoms with Crippen molar-refractivity contribution in [1.82, 2.24) is 0 Å². The molecule has 0 aliphatic heterocycles. The number of carbonyl (C=O) groups is 1. The minimum Gasteiger partial charge on any atom is -0.477 e. The van der Waals surface area contributed by atoms with E-state index < -0.39 is 35.5 Å². The molecule has 0 amide bonds. The van der Waals surface area contributed by atoms with Crippen LogP contribution in [0.15, 0.2) is 12.1 Å². The number of carboxylic acids is 1. The summed E-state index contributed by atoms with van der Waals surface area (Å²) in [6, 6.07) is 0.747. The summed E-state index contributed by atoms with van der Waals surface area (Å²) < 4.78 is 52.8. The van der Waals surface area contributed by atoms with Crippen LogP contribution >= 0.6 is 0 Å². The Hall–Kier alpha value is -1.79. The Bertz CT molecular complexity index is 368. The van der Waals surface area contributed by atoms with Gasteiger partial charge >= 0.3 is 12.6 Å². The zero-order valence-electron chi connectivity index (χ0n) is 7.01. The lowest BCUT2D eigenvalue weighted by atomic mass is 10.2. The first-order valence-electron chi connectivity index (χ1n) is 3.59. The van der Waals surface area contributed by atoms with Crippen molar-refractivity contribution in [2.45, 2.75) is 6.61 Å². The third-order valence-electron chi connectivity index (χ3n) is 1.45. The fourth-order valence-electron chi connectivity index (χ4n) is 0.925. The number of halogens is 4. The highest BCUT2D eigenvalue weighted by atomic mass is 19.3. The lowest BCUT2D eigenvalue weighted by Crippen LogP contribution is -2.07. The Morgan fingerprint density at radius 3 is 2.07 bits per heavy atom. The second-order valence-corrected chi connectivity index (χ2v) is 2.45. The molecule has 15 heavy (non-hydrogen) atoms. The quantitative estimate of drug-likeness (QED) is 0.801. The van der Waals surface area contributed by atoms with Crippen molar-refractivity contribution in [3.63, 3.8) is 0 Å². The molecule has 0 aliphatic carbocycles. The third-order valence-corrected chi connectivity index (χ3v) is 1.45. The largest absolute Gasteiger partial charge is 0.477 e. The van der Waals surface area contributed by atoms with E-state index in [4.69, 9.17) is 5.11 Å². The highest BCUT2D eigenvalue weighted by Crippen LogP contribution is 2.22. The molecular weight excluding hydrogens is 220 g/mol. The summed E-state index contributed by atoms with van der Waals surface area (Å²) in [5.41, 5.74) is -1.21. The van der Waals surface area contributed by atoms with Gasteiger partial charge in [0.05, 0.1) is 0 Å². The van der Waals surface area contributed by atoms with E-state index >= 15 is 0 Å². The monoisotopic (exact) mass is 224 g/mol. The van der Waals surface area contributed by atoms with Crippen molar-refractivity contribution in [2.24, 2.45) is 0 Å². The highest BCUT2D eigenvalue weighted by Gasteiger charge is 2.19. The van der Waals surface area contributed by atoms with Crippen LogP contribution in [-0.4, -0.2) is 17.7 Å². The lowest BCUT2D eigenvalue weighted by molar-refractivity contribution is -0.0501. The van der Waals surface area contributed by atoms with E-state index in [0.29, 0.717) is 12.1 Å². The van der Waals surface area contributed by atoms with Gasteiger partial charge in [-0.25, -0.2) is 13.6 Å². The number of rotatable bonds is 3. The van der Waals surface area contributed by atoms with E-state index in [-0.39, 0.29) is 0 Å². The molecule has 82 valence electrons. The van der Waals surface area contributed by atoms with Crippen LogP contribution in [0, 0.1) is 11.6 Å². The maximum Gasteiger partial charge on any atom is 0.387 e. The zero-order valence-corrected chi connectivity index (χ0v) is 7.01. The van der Waals surface area contributed by atoms with Gasteiger partial charge < -0.3 is 9.84 Å². The van der Waals surface area contributed by atoms with Gasteiger partial charge in [0.25, 0.3) is 0 Å². The number of hydrogen-bond donors (Lipinski definition) is 1. The molecule has 1 aromatic carbocycles. The van der Waals surface area contributed by atoms with Crippen molar-refractivity contribution in [3.05, 3.63) is 29.3 Å². The van der Waals surface area contributed by atoms with Crippen LogP contribution < -0.4 is 4.74 Å². The van der Waals surface area contributed by atoms with E-state index in [0.717, 1.165) is 0 Å². The maximum atomic E-state index is 12.9. The topological polar surface area (TPSA) is 46.5 Å². The fraction of sp³-hybridized carbons (Fsp3) is 0.125. The molecule has 7 heteroatoms. The molecule has 1 aromatic rings. The Morgan fingerprint density at radius 1 is 1.27 bits per heavy atom. The standard InChI is InChI=1S/C8H4F4O3/c9-4-1-3(15-8(11)12)2-5(10)6(4)7(13)14/h1-2,8H,(H,13,14). The van der Waals surface area contributed by atoms with Crippen LogP contribution in [-0.2, 0) is 0 Å². The molecule has 0 radical (unpaired) electrons. The lowest BCUT2D eigenvalue weighted by Gasteiger charge is -2.06. The summed E-state index contributed by atoms with van der Waals surface area (Å²) >= 11 is 0. The summed E-state index contributed by atoms with van der Waals surface area (Å²) in [4.78, 5) is 10.3. The molecule has 0 heterocycles. The molecule has 0 bridgehead atoms. The molecule has 1 rings (SSSR count). The van der Waals surface area contributed by atoms with Crippen LogP contribution in [0.1, 0.15) is 10.4 Å². The molecule has 0 aromatic heterocycles. The predicted molar refractivity (Wildman–Crippen MR) is 39.9 cm³/mol. The first-order chi connectivity index (χ1) is 6.91. The first kappa shape index (κ1) is 11.3. The van der Waals surface area contributed by atoms with E-state index in [2.05, 4.69) is 4.74 Å². The average molecular weight is 224 g/mol. The summed E-state index contributed by atoms with van der Waals surface area (Å²) in [6.45, 7) is -3.24. The number of aromatic carboxylic acids is 1. The molecule has 1 N–H and O–H groups in total. The third kappa shape index (κ3) is 2.58. The van der Waals surface area contributed by atoms with Gasteiger partial charge in [-0.1, -0.05) is 0 Å². The summed E-state index contributed by atoms with van der Waals surface area (Å²) in [5.74, 6) is -5.55. The van der Waals surface area contributed by atoms with Gasteiger partial charge in [-0.3, -0.25) is 0 Å². The maximum absolute atomic E-state index is 12.9. The number of carboxylic acid groups (broad SMARTS) is 1. The Balaban J connectivity index is 3.14. The van der Waals surface area contributed by atoms with Gasteiger partial charge in [-0.2, -0.15) is 8.78 Å². The fourth-order valence-corrected chi connectivity index (χ4v) is 0.925. The minimum atomic E-state index is -3.24. The molecule has 0 fully saturated rings. The Kier molecular flexibility index (Phi) is 3.13. The van der Waals surface area contributed by atoms with E-state index in [1.807, 2.05) is 0 Å². The van der Waals surface area contributed by atoms with Gasteiger partial charge in [0, 0.05) is 12.1 Å². The van der Waals surface area contributed by atoms with Crippen LogP contribution in [0.4, 0.5) is 17.6 Å². The van der Waals surface area contributed by atoms with Crippen molar-refractivity contribution < 1.29 is 32.2 Å². The molecule has 3 nitrogen and oxygen atoms in total. The second kappa shape index (κ2) is 4.16. The van der Waals surface area contributed by atoms with Gasteiger partial charge in [0.15, 0.2) is 0 Å². The smallest absolute Gasteiger partial charge is 0.387 e. The summed E-state index contributed by atoms with van der Waals surface area (Å²) in [5, 5.41) is 8.35. The molecule has 0 saturated heterocycles. The summed E-state index contributed by atoms with van der Waals surface area (Å²) in [6.07, 6.45) is 0. The van der Waals surface area contributed by atoms with Crippen molar-refractivity contribution in [2.75, 3.05) is 0 Å². The van der Waals surface area contributed by atoms with Gasteiger partial charge in [0.1, 0.15) is 22.9 Å². The molecule has 0 atom stereocenters. The van der Waals surface area contributed by atoms with Crippen molar-refractivity contribution in [3.8, 4) is 5.75 Å². The first-order valence-corrected chi connectivity index (χ1v) is 3.59. The number of alkyl halides is 2.